The van der Waals surface area contributed by atoms with Crippen molar-refractivity contribution in [2.24, 2.45) is 5.41 Å². The van der Waals surface area contributed by atoms with Crippen molar-refractivity contribution in [1.29, 1.82) is 0 Å². The van der Waals surface area contributed by atoms with E-state index in [1.54, 1.807) is 7.11 Å². The second-order valence-corrected chi connectivity index (χ2v) is 4.85. The molecule has 0 heterocycles. The summed E-state index contributed by atoms with van der Waals surface area (Å²) in [5.74, 6) is -0.617. The lowest BCUT2D eigenvalue weighted by Gasteiger charge is -2.33. The maximum Gasteiger partial charge on any atom is 0.309 e. The summed E-state index contributed by atoms with van der Waals surface area (Å²) >= 11 is 0. The van der Waals surface area contributed by atoms with Gasteiger partial charge in [0.2, 0.25) is 0 Å². The molecule has 0 spiro atoms. The molecule has 1 aliphatic carbocycles. The summed E-state index contributed by atoms with van der Waals surface area (Å²) in [5.41, 5.74) is -0.469. The Morgan fingerprint density at radius 1 is 1.18 bits per heavy atom. The van der Waals surface area contributed by atoms with Crippen LogP contribution < -0.4 is 0 Å². The Hall–Kier alpha value is -0.610. The zero-order valence-electron chi connectivity index (χ0n) is 10.7. The van der Waals surface area contributed by atoms with Gasteiger partial charge in [-0.1, -0.05) is 19.3 Å². The lowest BCUT2D eigenvalue weighted by molar-refractivity contribution is -0.151. The molecule has 1 saturated carbocycles. The van der Waals surface area contributed by atoms with Gasteiger partial charge >= 0.3 is 5.97 Å². The molecule has 0 aromatic heterocycles. The van der Waals surface area contributed by atoms with E-state index in [9.17, 15) is 9.90 Å². The minimum atomic E-state index is -0.617. The lowest BCUT2D eigenvalue weighted by atomic mass is 9.71. The molecule has 0 aromatic rings. The summed E-state index contributed by atoms with van der Waals surface area (Å²) in [6.45, 7) is 1.83. The predicted molar refractivity (Wildman–Crippen MR) is 65.1 cm³/mol. The van der Waals surface area contributed by atoms with Gasteiger partial charge < -0.3 is 14.6 Å². The van der Waals surface area contributed by atoms with Gasteiger partial charge in [0.05, 0.1) is 18.6 Å². The van der Waals surface area contributed by atoms with Gasteiger partial charge in [0.15, 0.2) is 0 Å². The first kappa shape index (κ1) is 14.5. The molecule has 0 amide bonds. The second kappa shape index (κ2) is 7.67. The average Bonchev–Trinajstić information content (AvgIpc) is 2.34. The van der Waals surface area contributed by atoms with Gasteiger partial charge in [-0.3, -0.25) is 4.79 Å². The topological polar surface area (TPSA) is 55.8 Å². The third kappa shape index (κ3) is 4.64. The first-order valence-electron chi connectivity index (χ1n) is 6.51. The van der Waals surface area contributed by atoms with Crippen LogP contribution in [-0.4, -0.2) is 38.0 Å². The van der Waals surface area contributed by atoms with E-state index in [0.29, 0.717) is 19.8 Å². The van der Waals surface area contributed by atoms with E-state index < -0.39 is 11.4 Å². The van der Waals surface area contributed by atoms with Crippen molar-refractivity contribution < 1.29 is 19.4 Å². The van der Waals surface area contributed by atoms with Gasteiger partial charge in [0, 0.05) is 13.7 Å². The maximum absolute atomic E-state index is 11.4. The first-order valence-corrected chi connectivity index (χ1v) is 6.51. The fraction of sp³-hybridized carbons (Fsp3) is 0.923. The lowest BCUT2D eigenvalue weighted by Crippen LogP contribution is -2.33. The van der Waals surface area contributed by atoms with Crippen molar-refractivity contribution in [3.05, 3.63) is 0 Å². The Morgan fingerprint density at radius 3 is 2.47 bits per heavy atom. The third-order valence-corrected chi connectivity index (χ3v) is 3.64. The molecule has 0 aliphatic heterocycles. The van der Waals surface area contributed by atoms with Crippen LogP contribution in [0.1, 0.15) is 44.9 Å². The van der Waals surface area contributed by atoms with Crippen LogP contribution in [0.3, 0.4) is 0 Å². The Kier molecular flexibility index (Phi) is 6.52. The van der Waals surface area contributed by atoms with Crippen LogP contribution in [0.4, 0.5) is 0 Å². The molecular formula is C13H24O4. The second-order valence-electron chi connectivity index (χ2n) is 4.85. The third-order valence-electron chi connectivity index (χ3n) is 3.64. The molecule has 1 fully saturated rings. The molecule has 4 nitrogen and oxygen atoms in total. The van der Waals surface area contributed by atoms with E-state index in [1.807, 2.05) is 0 Å². The number of ether oxygens (including phenoxy) is 2. The van der Waals surface area contributed by atoms with Crippen LogP contribution in [0.15, 0.2) is 0 Å². The van der Waals surface area contributed by atoms with Crippen LogP contribution in [0.2, 0.25) is 0 Å². The van der Waals surface area contributed by atoms with Gasteiger partial charge in [0.25, 0.3) is 0 Å². The zero-order valence-corrected chi connectivity index (χ0v) is 10.7. The molecule has 0 radical (unpaired) electrons. The van der Waals surface area contributed by atoms with E-state index in [2.05, 4.69) is 0 Å². The van der Waals surface area contributed by atoms with Gasteiger partial charge in [-0.2, -0.15) is 0 Å². The van der Waals surface area contributed by atoms with Crippen molar-refractivity contribution in [3.8, 4) is 0 Å². The van der Waals surface area contributed by atoms with Crippen LogP contribution >= 0.6 is 0 Å². The molecule has 1 rings (SSSR count). The molecule has 17 heavy (non-hydrogen) atoms. The van der Waals surface area contributed by atoms with Crippen LogP contribution in [0.5, 0.6) is 0 Å². The summed E-state index contributed by atoms with van der Waals surface area (Å²) in [6.07, 6.45) is 6.53. The quantitative estimate of drug-likeness (QED) is 0.666. The number of carboxylic acid groups (broad SMARTS) is 1. The van der Waals surface area contributed by atoms with Crippen LogP contribution in [-0.2, 0) is 14.3 Å². The largest absolute Gasteiger partial charge is 0.481 e. The smallest absolute Gasteiger partial charge is 0.309 e. The predicted octanol–water partition coefficient (Wildman–Crippen LogP) is 2.46. The Bertz CT molecular complexity index is 221. The van der Waals surface area contributed by atoms with E-state index in [4.69, 9.17) is 9.47 Å². The minimum absolute atomic E-state index is 0.469. The standard InChI is InChI=1S/C13H24O4/c1-16-10-11-17-9-5-8-13(12(14)15)6-3-2-4-7-13/h2-11H2,1H3,(H,14,15). The fourth-order valence-corrected chi connectivity index (χ4v) is 2.56. The molecule has 0 saturated heterocycles. The van der Waals surface area contributed by atoms with Crippen LogP contribution in [0.25, 0.3) is 0 Å². The first-order chi connectivity index (χ1) is 8.21. The van der Waals surface area contributed by atoms with Gasteiger partial charge in [-0.15, -0.1) is 0 Å². The Balaban J connectivity index is 2.23. The molecule has 0 aromatic carbocycles. The van der Waals surface area contributed by atoms with Crippen molar-refractivity contribution in [2.45, 2.75) is 44.9 Å². The summed E-state index contributed by atoms with van der Waals surface area (Å²) in [5, 5.41) is 9.37. The number of hydrogen-bond donors (Lipinski definition) is 1. The van der Waals surface area contributed by atoms with Crippen molar-refractivity contribution in [2.75, 3.05) is 26.9 Å². The molecule has 0 bridgehead atoms. The number of carbonyl (C=O) groups is 1. The van der Waals surface area contributed by atoms with Gasteiger partial charge in [0.1, 0.15) is 0 Å². The summed E-state index contributed by atoms with van der Waals surface area (Å²) in [4.78, 5) is 11.4. The van der Waals surface area contributed by atoms with Gasteiger partial charge in [-0.25, -0.2) is 0 Å². The molecule has 0 unspecified atom stereocenters. The summed E-state index contributed by atoms with van der Waals surface area (Å²) in [7, 11) is 1.64. The molecule has 100 valence electrons. The van der Waals surface area contributed by atoms with E-state index in [0.717, 1.165) is 38.5 Å². The summed E-state index contributed by atoms with van der Waals surface area (Å²) in [6, 6.07) is 0. The normalized spacial score (nSPS) is 19.1. The molecule has 4 heteroatoms. The van der Waals surface area contributed by atoms with E-state index >= 15 is 0 Å². The van der Waals surface area contributed by atoms with Crippen molar-refractivity contribution in [1.82, 2.24) is 0 Å². The highest BCUT2D eigenvalue weighted by molar-refractivity contribution is 5.74. The van der Waals surface area contributed by atoms with Gasteiger partial charge in [-0.05, 0) is 25.7 Å². The highest BCUT2D eigenvalue weighted by Crippen LogP contribution is 2.40. The van der Waals surface area contributed by atoms with E-state index in [-0.39, 0.29) is 0 Å². The number of methoxy groups -OCH3 is 1. The fourth-order valence-electron chi connectivity index (χ4n) is 2.56. The molecular weight excluding hydrogens is 220 g/mol. The summed E-state index contributed by atoms with van der Waals surface area (Å²) < 4.78 is 10.2. The SMILES string of the molecule is COCCOCCCC1(C(=O)O)CCCCC1. The van der Waals surface area contributed by atoms with Crippen LogP contribution in [0, 0.1) is 5.41 Å². The van der Waals surface area contributed by atoms with E-state index in [1.165, 1.54) is 6.42 Å². The minimum Gasteiger partial charge on any atom is -0.481 e. The Labute approximate surface area is 103 Å². The highest BCUT2D eigenvalue weighted by atomic mass is 16.5. The van der Waals surface area contributed by atoms with Crippen molar-refractivity contribution in [3.63, 3.8) is 0 Å². The maximum atomic E-state index is 11.4. The molecule has 0 atom stereocenters. The van der Waals surface area contributed by atoms with Crippen molar-refractivity contribution >= 4 is 5.97 Å². The zero-order chi connectivity index (χ0) is 12.6. The number of hydrogen-bond acceptors (Lipinski definition) is 3. The highest BCUT2D eigenvalue weighted by Gasteiger charge is 2.38. The monoisotopic (exact) mass is 244 g/mol. The Morgan fingerprint density at radius 2 is 1.88 bits per heavy atom. The number of aliphatic carboxylic acids is 1. The number of carboxylic acids is 1. The average molecular weight is 244 g/mol. The molecule has 1 N–H and O–H groups in total. The number of rotatable bonds is 8. The molecule has 1 aliphatic rings.